The molecule has 0 aliphatic rings. The fourth-order valence-electron chi connectivity index (χ4n) is 2.90. The second kappa shape index (κ2) is 7.84. The Kier molecular flexibility index (Phi) is 4.93. The first kappa shape index (κ1) is 17.6. The van der Waals surface area contributed by atoms with E-state index in [1.807, 2.05) is 83.4 Å². The van der Waals surface area contributed by atoms with E-state index in [-0.39, 0.29) is 12.5 Å². The van der Waals surface area contributed by atoms with Gasteiger partial charge in [0.05, 0.1) is 7.11 Å². The fraction of sp³-hybridized carbons (Fsp3) is 0.0909. The summed E-state index contributed by atoms with van der Waals surface area (Å²) in [6.45, 7) is -0.0911. The van der Waals surface area contributed by atoms with E-state index in [0.29, 0.717) is 17.3 Å². The second-order valence-corrected chi connectivity index (χ2v) is 6.12. The summed E-state index contributed by atoms with van der Waals surface area (Å²) in [4.78, 5) is 17.2. The van der Waals surface area contributed by atoms with Crippen LogP contribution in [0.2, 0.25) is 0 Å². The maximum atomic E-state index is 12.5. The highest BCUT2D eigenvalue weighted by Gasteiger charge is 2.16. The summed E-state index contributed by atoms with van der Waals surface area (Å²) in [5, 5.41) is 2.94. The molecule has 2 aromatic heterocycles. The monoisotopic (exact) mass is 373 g/mol. The molecule has 0 bridgehead atoms. The highest BCUT2D eigenvalue weighted by Crippen LogP contribution is 2.30. The zero-order chi connectivity index (χ0) is 19.3. The number of methoxy groups -OCH3 is 1. The molecule has 4 rings (SSSR count). The van der Waals surface area contributed by atoms with Crippen LogP contribution in [-0.2, 0) is 4.79 Å². The summed E-state index contributed by atoms with van der Waals surface area (Å²) in [5.41, 5.74) is 2.30. The molecule has 0 aliphatic carbocycles. The number of pyridine rings is 1. The van der Waals surface area contributed by atoms with Crippen LogP contribution in [-0.4, -0.2) is 29.0 Å². The summed E-state index contributed by atoms with van der Waals surface area (Å²) >= 11 is 0. The van der Waals surface area contributed by atoms with E-state index in [1.54, 1.807) is 7.11 Å². The van der Waals surface area contributed by atoms with E-state index < -0.39 is 0 Å². The quantitative estimate of drug-likeness (QED) is 0.554. The SMILES string of the molecule is COc1ccc(-c2nc3ccccn3c2NC(=O)COc2ccccc2)cc1. The molecule has 0 spiro atoms. The van der Waals surface area contributed by atoms with Crippen LogP contribution in [0.4, 0.5) is 5.82 Å². The zero-order valence-electron chi connectivity index (χ0n) is 15.3. The number of fused-ring (bicyclic) bond motifs is 1. The van der Waals surface area contributed by atoms with Crippen LogP contribution in [0.3, 0.4) is 0 Å². The molecular weight excluding hydrogens is 354 g/mol. The molecule has 0 radical (unpaired) electrons. The number of carbonyl (C=O) groups is 1. The number of nitrogens with zero attached hydrogens (tertiary/aromatic N) is 2. The molecule has 4 aromatic rings. The standard InChI is InChI=1S/C22H19N3O3/c1-27-17-12-10-16(11-13-17)21-22(25-14-6-5-9-19(25)23-21)24-20(26)15-28-18-7-3-2-4-8-18/h2-14H,15H2,1H3,(H,24,26). The van der Waals surface area contributed by atoms with Gasteiger partial charge in [0.25, 0.3) is 5.91 Å². The Morgan fingerprint density at radius 3 is 2.46 bits per heavy atom. The Morgan fingerprint density at radius 2 is 1.71 bits per heavy atom. The Bertz CT molecular complexity index is 1090. The van der Waals surface area contributed by atoms with Gasteiger partial charge >= 0.3 is 0 Å². The third-order valence-electron chi connectivity index (χ3n) is 4.26. The molecule has 28 heavy (non-hydrogen) atoms. The lowest BCUT2D eigenvalue weighted by atomic mass is 10.1. The minimum absolute atomic E-state index is 0.0911. The Morgan fingerprint density at radius 1 is 0.964 bits per heavy atom. The molecule has 0 unspecified atom stereocenters. The van der Waals surface area contributed by atoms with Crippen molar-refractivity contribution < 1.29 is 14.3 Å². The molecule has 6 heteroatoms. The van der Waals surface area contributed by atoms with Crippen molar-refractivity contribution in [2.75, 3.05) is 19.0 Å². The predicted octanol–water partition coefficient (Wildman–Crippen LogP) is 4.03. The van der Waals surface area contributed by atoms with E-state index in [2.05, 4.69) is 10.3 Å². The number of hydrogen-bond acceptors (Lipinski definition) is 4. The van der Waals surface area contributed by atoms with E-state index >= 15 is 0 Å². The summed E-state index contributed by atoms with van der Waals surface area (Å²) in [6, 6.07) is 22.5. The molecule has 6 nitrogen and oxygen atoms in total. The van der Waals surface area contributed by atoms with Crippen LogP contribution in [0.15, 0.2) is 79.0 Å². The number of nitrogens with one attached hydrogen (secondary N) is 1. The number of hydrogen-bond donors (Lipinski definition) is 1. The summed E-state index contributed by atoms with van der Waals surface area (Å²) in [5.74, 6) is 1.74. The lowest BCUT2D eigenvalue weighted by molar-refractivity contribution is -0.118. The van der Waals surface area contributed by atoms with Gasteiger partial charge < -0.3 is 14.8 Å². The third-order valence-corrected chi connectivity index (χ3v) is 4.26. The maximum Gasteiger partial charge on any atom is 0.263 e. The van der Waals surface area contributed by atoms with Gasteiger partial charge in [-0.15, -0.1) is 0 Å². The van der Waals surface area contributed by atoms with Crippen molar-refractivity contribution in [2.24, 2.45) is 0 Å². The molecule has 0 saturated heterocycles. The van der Waals surface area contributed by atoms with Crippen LogP contribution >= 0.6 is 0 Å². The molecule has 0 fully saturated rings. The lowest BCUT2D eigenvalue weighted by Gasteiger charge is -2.09. The molecular formula is C22H19N3O3. The van der Waals surface area contributed by atoms with Crippen molar-refractivity contribution in [1.29, 1.82) is 0 Å². The molecule has 2 heterocycles. The number of ether oxygens (including phenoxy) is 2. The molecule has 2 aromatic carbocycles. The average molecular weight is 373 g/mol. The van der Waals surface area contributed by atoms with E-state index in [4.69, 9.17) is 9.47 Å². The molecule has 1 amide bonds. The smallest absolute Gasteiger partial charge is 0.263 e. The fourth-order valence-corrected chi connectivity index (χ4v) is 2.90. The number of amides is 1. The van der Waals surface area contributed by atoms with Gasteiger partial charge in [0.1, 0.15) is 28.7 Å². The van der Waals surface area contributed by atoms with E-state index in [0.717, 1.165) is 17.0 Å². The van der Waals surface area contributed by atoms with Gasteiger partial charge in [0, 0.05) is 11.8 Å². The van der Waals surface area contributed by atoms with Gasteiger partial charge in [-0.3, -0.25) is 9.20 Å². The zero-order valence-corrected chi connectivity index (χ0v) is 15.3. The Hall–Kier alpha value is -3.80. The average Bonchev–Trinajstić information content (AvgIpc) is 3.11. The maximum absolute atomic E-state index is 12.5. The Balaban J connectivity index is 1.62. The van der Waals surface area contributed by atoms with Gasteiger partial charge in [0.15, 0.2) is 6.61 Å². The van der Waals surface area contributed by atoms with Crippen LogP contribution < -0.4 is 14.8 Å². The normalized spacial score (nSPS) is 10.6. The first-order valence-electron chi connectivity index (χ1n) is 8.84. The van der Waals surface area contributed by atoms with Gasteiger partial charge in [-0.1, -0.05) is 24.3 Å². The molecule has 0 aliphatic heterocycles. The van der Waals surface area contributed by atoms with Crippen molar-refractivity contribution in [3.8, 4) is 22.8 Å². The summed E-state index contributed by atoms with van der Waals surface area (Å²) in [6.07, 6.45) is 1.86. The largest absolute Gasteiger partial charge is 0.497 e. The first-order chi connectivity index (χ1) is 13.7. The highest BCUT2D eigenvalue weighted by atomic mass is 16.5. The summed E-state index contributed by atoms with van der Waals surface area (Å²) in [7, 11) is 1.62. The number of anilines is 1. The van der Waals surface area contributed by atoms with Crippen molar-refractivity contribution in [3.05, 3.63) is 79.0 Å². The lowest BCUT2D eigenvalue weighted by Crippen LogP contribution is -2.21. The summed E-state index contributed by atoms with van der Waals surface area (Å²) < 4.78 is 12.6. The number of rotatable bonds is 6. The van der Waals surface area contributed by atoms with Crippen LogP contribution in [0.5, 0.6) is 11.5 Å². The van der Waals surface area contributed by atoms with Crippen molar-refractivity contribution in [1.82, 2.24) is 9.38 Å². The predicted molar refractivity (Wildman–Crippen MR) is 108 cm³/mol. The molecule has 0 saturated carbocycles. The van der Waals surface area contributed by atoms with Gasteiger partial charge in [-0.2, -0.15) is 0 Å². The first-order valence-corrected chi connectivity index (χ1v) is 8.84. The van der Waals surface area contributed by atoms with Crippen LogP contribution in [0.25, 0.3) is 16.9 Å². The van der Waals surface area contributed by atoms with Crippen molar-refractivity contribution >= 4 is 17.4 Å². The van der Waals surface area contributed by atoms with Gasteiger partial charge in [-0.25, -0.2) is 4.98 Å². The number of para-hydroxylation sites is 1. The van der Waals surface area contributed by atoms with Gasteiger partial charge in [0.2, 0.25) is 0 Å². The van der Waals surface area contributed by atoms with Gasteiger partial charge in [-0.05, 0) is 48.5 Å². The van der Waals surface area contributed by atoms with Crippen molar-refractivity contribution in [2.45, 2.75) is 0 Å². The topological polar surface area (TPSA) is 64.9 Å². The van der Waals surface area contributed by atoms with E-state index in [9.17, 15) is 4.79 Å². The number of aromatic nitrogens is 2. The minimum Gasteiger partial charge on any atom is -0.497 e. The Labute approximate surface area is 162 Å². The number of benzene rings is 2. The van der Waals surface area contributed by atoms with E-state index in [1.165, 1.54) is 0 Å². The molecule has 1 N–H and O–H groups in total. The number of carbonyl (C=O) groups excluding carboxylic acids is 1. The van der Waals surface area contributed by atoms with Crippen LogP contribution in [0.1, 0.15) is 0 Å². The number of imidazole rings is 1. The molecule has 140 valence electrons. The highest BCUT2D eigenvalue weighted by molar-refractivity contribution is 5.95. The molecule has 0 atom stereocenters. The second-order valence-electron chi connectivity index (χ2n) is 6.12. The van der Waals surface area contributed by atoms with Crippen molar-refractivity contribution in [3.63, 3.8) is 0 Å². The third kappa shape index (κ3) is 3.66. The minimum atomic E-state index is -0.260. The van der Waals surface area contributed by atoms with Crippen LogP contribution in [0, 0.1) is 0 Å².